The molecule has 1 aromatic carbocycles. The van der Waals surface area contributed by atoms with Gasteiger partial charge in [-0.1, -0.05) is 13.3 Å². The molecule has 18 heavy (non-hydrogen) atoms. The molecular weight excluding hydrogens is 240 g/mol. The second-order valence-corrected chi connectivity index (χ2v) is 4.14. The van der Waals surface area contributed by atoms with E-state index in [4.69, 9.17) is 0 Å². The molecule has 1 aromatic rings. The van der Waals surface area contributed by atoms with E-state index in [2.05, 4.69) is 10.1 Å². The van der Waals surface area contributed by atoms with E-state index in [1.165, 1.54) is 0 Å². The second kappa shape index (κ2) is 6.33. The average Bonchev–Trinajstić information content (AvgIpc) is 2.32. The predicted molar refractivity (Wildman–Crippen MR) is 65.7 cm³/mol. The minimum Gasteiger partial charge on any atom is -0.465 e. The van der Waals surface area contributed by atoms with Gasteiger partial charge in [-0.05, 0) is 19.4 Å². The molecule has 0 aromatic heterocycles. The van der Waals surface area contributed by atoms with Crippen LogP contribution in [0.1, 0.15) is 37.0 Å². The number of hydrogen-bond donors (Lipinski definition) is 1. The molecule has 1 atom stereocenters. The molecule has 3 nitrogen and oxygen atoms in total. The number of anilines is 1. The third kappa shape index (κ3) is 3.42. The summed E-state index contributed by atoms with van der Waals surface area (Å²) >= 11 is 0. The third-order valence-electron chi connectivity index (χ3n) is 2.59. The predicted octanol–water partition coefficient (Wildman–Crippen LogP) is 3.35. The van der Waals surface area contributed by atoms with Crippen molar-refractivity contribution >= 4 is 11.7 Å². The summed E-state index contributed by atoms with van der Waals surface area (Å²) in [5, 5.41) is 2.91. The van der Waals surface area contributed by atoms with Gasteiger partial charge in [-0.2, -0.15) is 0 Å². The monoisotopic (exact) mass is 257 g/mol. The number of nitrogens with one attached hydrogen (secondary N) is 1. The number of benzene rings is 1. The first-order chi connectivity index (χ1) is 8.49. The molecule has 0 aliphatic heterocycles. The highest BCUT2D eigenvalue weighted by atomic mass is 19.1. The number of methoxy groups -OCH3 is 1. The summed E-state index contributed by atoms with van der Waals surface area (Å²) < 4.78 is 31.4. The van der Waals surface area contributed by atoms with Crippen LogP contribution in [0.3, 0.4) is 0 Å². The number of carbonyl (C=O) groups is 1. The zero-order valence-electron chi connectivity index (χ0n) is 10.7. The Balaban J connectivity index is 3.01. The Bertz CT molecular complexity index is 435. The largest absolute Gasteiger partial charge is 0.465 e. The zero-order chi connectivity index (χ0) is 13.7. The lowest BCUT2D eigenvalue weighted by Gasteiger charge is -2.15. The molecule has 1 unspecified atom stereocenters. The minimum atomic E-state index is -0.923. The van der Waals surface area contributed by atoms with E-state index in [-0.39, 0.29) is 17.3 Å². The molecule has 0 spiro atoms. The Labute approximate surface area is 105 Å². The van der Waals surface area contributed by atoms with Crippen molar-refractivity contribution in [2.45, 2.75) is 32.7 Å². The quantitative estimate of drug-likeness (QED) is 0.822. The summed E-state index contributed by atoms with van der Waals surface area (Å²) in [5.41, 5.74) is -0.164. The molecule has 0 aliphatic carbocycles. The summed E-state index contributed by atoms with van der Waals surface area (Å²) in [6, 6.07) is 1.87. The SMILES string of the molecule is CCCC(C)Nc1cc(C(=O)OC)c(F)cc1F. The molecule has 0 saturated carbocycles. The average molecular weight is 257 g/mol. The second-order valence-electron chi connectivity index (χ2n) is 4.14. The third-order valence-corrected chi connectivity index (χ3v) is 2.59. The molecule has 0 amide bonds. The van der Waals surface area contributed by atoms with Crippen LogP contribution in [0.2, 0.25) is 0 Å². The van der Waals surface area contributed by atoms with Gasteiger partial charge in [-0.15, -0.1) is 0 Å². The maximum absolute atomic E-state index is 13.5. The standard InChI is InChI=1S/C13H17F2NO2/c1-4-5-8(2)16-12-6-9(13(17)18-3)10(14)7-11(12)15/h6-8,16H,4-5H2,1-3H3. The molecule has 0 radical (unpaired) electrons. The molecule has 100 valence electrons. The normalized spacial score (nSPS) is 12.1. The number of carbonyl (C=O) groups excluding carboxylic acids is 1. The lowest BCUT2D eigenvalue weighted by Crippen LogP contribution is -2.16. The van der Waals surface area contributed by atoms with Crippen molar-refractivity contribution in [1.29, 1.82) is 0 Å². The van der Waals surface area contributed by atoms with Gasteiger partial charge in [0.1, 0.15) is 11.6 Å². The molecule has 0 fully saturated rings. The minimum absolute atomic E-state index is 0.0421. The fraction of sp³-hybridized carbons (Fsp3) is 0.462. The molecule has 1 rings (SSSR count). The highest BCUT2D eigenvalue weighted by Gasteiger charge is 2.17. The Hall–Kier alpha value is -1.65. The van der Waals surface area contributed by atoms with Gasteiger partial charge in [0.05, 0.1) is 18.4 Å². The van der Waals surface area contributed by atoms with E-state index in [1.807, 2.05) is 13.8 Å². The van der Waals surface area contributed by atoms with Crippen molar-refractivity contribution in [2.24, 2.45) is 0 Å². The number of esters is 1. The molecule has 0 aliphatic rings. The summed E-state index contributed by atoms with van der Waals surface area (Å²) in [5.74, 6) is -2.46. The lowest BCUT2D eigenvalue weighted by atomic mass is 10.1. The number of hydrogen-bond acceptors (Lipinski definition) is 3. The first-order valence-electron chi connectivity index (χ1n) is 5.83. The van der Waals surface area contributed by atoms with E-state index >= 15 is 0 Å². The highest BCUT2D eigenvalue weighted by Crippen LogP contribution is 2.21. The Morgan fingerprint density at radius 1 is 1.39 bits per heavy atom. The van der Waals surface area contributed by atoms with Crippen molar-refractivity contribution < 1.29 is 18.3 Å². The molecule has 5 heteroatoms. The fourth-order valence-corrected chi connectivity index (χ4v) is 1.70. The van der Waals surface area contributed by atoms with E-state index in [1.54, 1.807) is 0 Å². The van der Waals surface area contributed by atoms with Gasteiger partial charge in [0.2, 0.25) is 0 Å². The van der Waals surface area contributed by atoms with Crippen LogP contribution in [0.4, 0.5) is 14.5 Å². The first kappa shape index (κ1) is 14.4. The topological polar surface area (TPSA) is 38.3 Å². The van der Waals surface area contributed by atoms with Crippen molar-refractivity contribution in [3.8, 4) is 0 Å². The first-order valence-corrected chi connectivity index (χ1v) is 5.83. The summed E-state index contributed by atoms with van der Waals surface area (Å²) in [4.78, 5) is 11.3. The van der Waals surface area contributed by atoms with E-state index in [0.29, 0.717) is 6.07 Å². The fourth-order valence-electron chi connectivity index (χ4n) is 1.70. The molecule has 0 heterocycles. The highest BCUT2D eigenvalue weighted by molar-refractivity contribution is 5.90. The van der Waals surface area contributed by atoms with Crippen LogP contribution in [0.25, 0.3) is 0 Å². The maximum atomic E-state index is 13.5. The van der Waals surface area contributed by atoms with E-state index < -0.39 is 17.6 Å². The van der Waals surface area contributed by atoms with Crippen molar-refractivity contribution in [2.75, 3.05) is 12.4 Å². The summed E-state index contributed by atoms with van der Waals surface area (Å²) in [6.45, 7) is 3.91. The Kier molecular flexibility index (Phi) is 5.07. The Morgan fingerprint density at radius 3 is 2.61 bits per heavy atom. The van der Waals surface area contributed by atoms with Crippen LogP contribution in [0.15, 0.2) is 12.1 Å². The van der Waals surface area contributed by atoms with Crippen LogP contribution in [0.5, 0.6) is 0 Å². The number of ether oxygens (including phenoxy) is 1. The summed E-state index contributed by atoms with van der Waals surface area (Å²) in [7, 11) is 1.15. The van der Waals surface area contributed by atoms with Crippen LogP contribution < -0.4 is 5.32 Å². The van der Waals surface area contributed by atoms with Crippen LogP contribution in [-0.4, -0.2) is 19.1 Å². The van der Waals surface area contributed by atoms with Gasteiger partial charge < -0.3 is 10.1 Å². The molecular formula is C13H17F2NO2. The number of halogens is 2. The van der Waals surface area contributed by atoms with E-state index in [0.717, 1.165) is 26.0 Å². The van der Waals surface area contributed by atoms with Crippen LogP contribution in [-0.2, 0) is 4.74 Å². The Morgan fingerprint density at radius 2 is 2.06 bits per heavy atom. The lowest BCUT2D eigenvalue weighted by molar-refractivity contribution is 0.0595. The maximum Gasteiger partial charge on any atom is 0.340 e. The van der Waals surface area contributed by atoms with E-state index in [9.17, 15) is 13.6 Å². The van der Waals surface area contributed by atoms with Crippen molar-refractivity contribution in [3.05, 3.63) is 29.3 Å². The smallest absolute Gasteiger partial charge is 0.340 e. The van der Waals surface area contributed by atoms with Gasteiger partial charge in [-0.3, -0.25) is 0 Å². The van der Waals surface area contributed by atoms with Gasteiger partial charge in [0.15, 0.2) is 0 Å². The van der Waals surface area contributed by atoms with Gasteiger partial charge >= 0.3 is 5.97 Å². The molecule has 1 N–H and O–H groups in total. The molecule has 0 bridgehead atoms. The van der Waals surface area contributed by atoms with Gasteiger partial charge in [-0.25, -0.2) is 13.6 Å². The number of rotatable bonds is 5. The zero-order valence-corrected chi connectivity index (χ0v) is 10.7. The molecule has 0 saturated heterocycles. The van der Waals surface area contributed by atoms with Crippen molar-refractivity contribution in [3.63, 3.8) is 0 Å². The van der Waals surface area contributed by atoms with Crippen LogP contribution >= 0.6 is 0 Å². The summed E-state index contributed by atoms with van der Waals surface area (Å²) in [6.07, 6.45) is 1.80. The van der Waals surface area contributed by atoms with Gasteiger partial charge in [0, 0.05) is 12.1 Å². The van der Waals surface area contributed by atoms with Crippen molar-refractivity contribution in [1.82, 2.24) is 0 Å². The van der Waals surface area contributed by atoms with Crippen LogP contribution in [0, 0.1) is 11.6 Å². The van der Waals surface area contributed by atoms with Gasteiger partial charge in [0.25, 0.3) is 0 Å².